The van der Waals surface area contributed by atoms with Crippen molar-refractivity contribution in [2.24, 2.45) is 5.73 Å². The third-order valence-electron chi connectivity index (χ3n) is 6.24. The van der Waals surface area contributed by atoms with Crippen molar-refractivity contribution in [1.29, 1.82) is 5.26 Å². The van der Waals surface area contributed by atoms with Gasteiger partial charge in [0.1, 0.15) is 34.6 Å². The number of unbranched alkanes of at least 4 members (excludes halogenated alkanes) is 2. The predicted octanol–water partition coefficient (Wildman–Crippen LogP) is 6.48. The molecule has 0 saturated carbocycles. The second-order valence-electron chi connectivity index (χ2n) is 8.98. The molecular weight excluding hydrogens is 480 g/mol. The maximum absolute atomic E-state index is 12.8. The van der Waals surface area contributed by atoms with Crippen LogP contribution in [0.15, 0.2) is 78.2 Å². The molecule has 0 bridgehead atoms. The molecule has 1 aliphatic heterocycles. The first-order valence-electron chi connectivity index (χ1n) is 12.9. The molecule has 0 radical (unpaired) electrons. The van der Waals surface area contributed by atoms with Gasteiger partial charge in [-0.15, -0.1) is 0 Å². The molecule has 0 saturated heterocycles. The molecule has 196 valence electrons. The van der Waals surface area contributed by atoms with Crippen molar-refractivity contribution >= 4 is 5.97 Å². The number of hydrogen-bond donors (Lipinski definition) is 1. The lowest BCUT2D eigenvalue weighted by molar-refractivity contribution is 0.0734. The summed E-state index contributed by atoms with van der Waals surface area (Å²) in [6.07, 6.45) is 3.95. The summed E-state index contributed by atoms with van der Waals surface area (Å²) in [4.78, 5) is 12.8. The number of carbonyl (C=O) groups is 1. The Labute approximate surface area is 223 Å². The number of rotatable bonds is 11. The van der Waals surface area contributed by atoms with E-state index in [1.54, 1.807) is 42.5 Å². The van der Waals surface area contributed by atoms with E-state index < -0.39 is 11.9 Å². The minimum Gasteiger partial charge on any atom is -0.494 e. The molecule has 0 spiro atoms. The minimum atomic E-state index is -0.506. The van der Waals surface area contributed by atoms with Crippen molar-refractivity contribution in [1.82, 2.24) is 0 Å². The summed E-state index contributed by atoms with van der Waals surface area (Å²) in [5.74, 6) is 1.14. The van der Waals surface area contributed by atoms with E-state index in [0.29, 0.717) is 47.3 Å². The first-order valence-corrected chi connectivity index (χ1v) is 12.9. The number of allylic oxidation sites excluding steroid dienone is 1. The van der Waals surface area contributed by atoms with E-state index in [2.05, 4.69) is 19.9 Å². The largest absolute Gasteiger partial charge is 0.494 e. The number of benzene rings is 3. The summed E-state index contributed by atoms with van der Waals surface area (Å²) >= 11 is 0. The molecule has 7 heteroatoms. The molecule has 1 atom stereocenters. The number of nitriles is 1. The van der Waals surface area contributed by atoms with E-state index in [0.717, 1.165) is 36.8 Å². The third kappa shape index (κ3) is 6.09. The lowest BCUT2D eigenvalue weighted by Gasteiger charge is -2.28. The van der Waals surface area contributed by atoms with Gasteiger partial charge in [-0.2, -0.15) is 5.26 Å². The molecule has 1 heterocycles. The van der Waals surface area contributed by atoms with Gasteiger partial charge in [-0.25, -0.2) is 4.79 Å². The number of fused-ring (bicyclic) bond motifs is 1. The Morgan fingerprint density at radius 3 is 2.32 bits per heavy atom. The fraction of sp³-hybridized carbons (Fsp3) is 0.290. The number of ether oxygens (including phenoxy) is 4. The molecule has 3 aromatic rings. The summed E-state index contributed by atoms with van der Waals surface area (Å²) in [7, 11) is 0. The van der Waals surface area contributed by atoms with Crippen molar-refractivity contribution in [3.05, 3.63) is 94.9 Å². The van der Waals surface area contributed by atoms with Gasteiger partial charge in [0.05, 0.1) is 24.7 Å². The van der Waals surface area contributed by atoms with Gasteiger partial charge < -0.3 is 24.7 Å². The van der Waals surface area contributed by atoms with Crippen LogP contribution in [0.5, 0.6) is 23.0 Å². The summed E-state index contributed by atoms with van der Waals surface area (Å²) in [6, 6.07) is 21.8. The minimum absolute atomic E-state index is 0.00972. The van der Waals surface area contributed by atoms with Crippen molar-refractivity contribution in [2.75, 3.05) is 13.2 Å². The highest BCUT2D eigenvalue weighted by Gasteiger charge is 2.33. The number of nitrogens with two attached hydrogens (primary N) is 1. The first-order chi connectivity index (χ1) is 18.5. The lowest BCUT2D eigenvalue weighted by Crippen LogP contribution is -2.21. The maximum Gasteiger partial charge on any atom is 0.343 e. The molecule has 0 fully saturated rings. The van der Waals surface area contributed by atoms with Gasteiger partial charge in [0.2, 0.25) is 5.88 Å². The highest BCUT2D eigenvalue weighted by molar-refractivity contribution is 5.91. The van der Waals surface area contributed by atoms with Crippen LogP contribution in [-0.2, 0) is 0 Å². The molecule has 7 nitrogen and oxygen atoms in total. The van der Waals surface area contributed by atoms with E-state index in [1.165, 1.54) is 0 Å². The quantitative estimate of drug-likeness (QED) is 0.178. The Morgan fingerprint density at radius 2 is 1.61 bits per heavy atom. The van der Waals surface area contributed by atoms with Crippen LogP contribution in [0, 0.1) is 11.3 Å². The van der Waals surface area contributed by atoms with Crippen LogP contribution in [0.25, 0.3) is 0 Å². The van der Waals surface area contributed by atoms with Crippen LogP contribution in [0.4, 0.5) is 0 Å². The molecule has 38 heavy (non-hydrogen) atoms. The zero-order chi connectivity index (χ0) is 26.9. The van der Waals surface area contributed by atoms with Crippen LogP contribution in [0.2, 0.25) is 0 Å². The SMILES string of the molecule is CCCCOc1ccc(C(=O)Oc2ccc3c(c2)OC(N)=C(C#N)C3c2ccccc2OCCCC)cc1. The van der Waals surface area contributed by atoms with Gasteiger partial charge in [-0.05, 0) is 49.2 Å². The lowest BCUT2D eigenvalue weighted by atomic mass is 9.83. The Bertz CT molecular complexity index is 1340. The average Bonchev–Trinajstić information content (AvgIpc) is 2.93. The van der Waals surface area contributed by atoms with Crippen LogP contribution in [0.1, 0.15) is 66.9 Å². The Kier molecular flexibility index (Phi) is 8.89. The first kappa shape index (κ1) is 26.6. The highest BCUT2D eigenvalue weighted by Crippen LogP contribution is 2.46. The van der Waals surface area contributed by atoms with Crippen molar-refractivity contribution in [2.45, 2.75) is 45.4 Å². The van der Waals surface area contributed by atoms with Crippen molar-refractivity contribution in [3.8, 4) is 29.1 Å². The number of para-hydroxylation sites is 1. The van der Waals surface area contributed by atoms with E-state index in [4.69, 9.17) is 24.7 Å². The summed E-state index contributed by atoms with van der Waals surface area (Å²) in [5, 5.41) is 9.92. The van der Waals surface area contributed by atoms with Gasteiger partial charge in [-0.3, -0.25) is 0 Å². The second-order valence-corrected chi connectivity index (χ2v) is 8.98. The third-order valence-corrected chi connectivity index (χ3v) is 6.24. The fourth-order valence-electron chi connectivity index (χ4n) is 4.18. The molecular formula is C31H32N2O5. The molecule has 3 aromatic carbocycles. The molecule has 0 aliphatic carbocycles. The van der Waals surface area contributed by atoms with Crippen LogP contribution in [-0.4, -0.2) is 19.2 Å². The topological polar surface area (TPSA) is 104 Å². The summed E-state index contributed by atoms with van der Waals surface area (Å²) < 4.78 is 23.1. The number of esters is 1. The average molecular weight is 513 g/mol. The predicted molar refractivity (Wildman–Crippen MR) is 144 cm³/mol. The summed E-state index contributed by atoms with van der Waals surface area (Å²) in [5.41, 5.74) is 8.43. The van der Waals surface area contributed by atoms with E-state index in [-0.39, 0.29) is 5.88 Å². The van der Waals surface area contributed by atoms with Crippen molar-refractivity contribution < 1.29 is 23.7 Å². The Balaban J connectivity index is 1.57. The van der Waals surface area contributed by atoms with Gasteiger partial charge >= 0.3 is 5.97 Å². The Hall–Kier alpha value is -4.44. The number of nitrogens with zero attached hydrogens (tertiary/aromatic N) is 1. The van der Waals surface area contributed by atoms with Gasteiger partial charge in [0.25, 0.3) is 0 Å². The van der Waals surface area contributed by atoms with Gasteiger partial charge in [0, 0.05) is 17.2 Å². The molecule has 1 aliphatic rings. The second kappa shape index (κ2) is 12.7. The van der Waals surface area contributed by atoms with E-state index in [9.17, 15) is 10.1 Å². The molecule has 4 rings (SSSR count). The summed E-state index contributed by atoms with van der Waals surface area (Å²) in [6.45, 7) is 5.41. The van der Waals surface area contributed by atoms with Gasteiger partial charge in [0.15, 0.2) is 0 Å². The maximum atomic E-state index is 12.8. The van der Waals surface area contributed by atoms with Crippen LogP contribution in [0.3, 0.4) is 0 Å². The highest BCUT2D eigenvalue weighted by atomic mass is 16.5. The Morgan fingerprint density at radius 1 is 0.921 bits per heavy atom. The van der Waals surface area contributed by atoms with E-state index >= 15 is 0 Å². The number of hydrogen-bond acceptors (Lipinski definition) is 7. The van der Waals surface area contributed by atoms with Crippen LogP contribution < -0.4 is 24.7 Å². The monoisotopic (exact) mass is 512 g/mol. The van der Waals surface area contributed by atoms with Gasteiger partial charge in [-0.1, -0.05) is 51.0 Å². The molecule has 2 N–H and O–H groups in total. The fourth-order valence-corrected chi connectivity index (χ4v) is 4.18. The molecule has 0 amide bonds. The smallest absolute Gasteiger partial charge is 0.343 e. The zero-order valence-electron chi connectivity index (χ0n) is 21.7. The molecule has 0 aromatic heterocycles. The number of carbonyl (C=O) groups excluding carboxylic acids is 1. The normalized spacial score (nSPS) is 14.2. The molecule has 1 unspecified atom stereocenters. The van der Waals surface area contributed by atoms with E-state index in [1.807, 2.05) is 24.3 Å². The standard InChI is InChI=1S/C31H32N2O5/c1-3-5-17-35-22-13-11-21(12-14-22)31(34)37-23-15-16-25-28(19-23)38-30(33)26(20-32)29(25)24-9-7-8-10-27(24)36-18-6-4-2/h7-16,19,29H,3-6,17-18,33H2,1-2H3. The zero-order valence-corrected chi connectivity index (χ0v) is 21.7. The van der Waals surface area contributed by atoms with Crippen molar-refractivity contribution in [3.63, 3.8) is 0 Å². The van der Waals surface area contributed by atoms with Crippen LogP contribution >= 0.6 is 0 Å².